The van der Waals surface area contributed by atoms with E-state index in [1.54, 1.807) is 4.90 Å². The predicted octanol–water partition coefficient (Wildman–Crippen LogP) is 2.85. The summed E-state index contributed by atoms with van der Waals surface area (Å²) < 4.78 is 5.69. The number of benzene rings is 2. The van der Waals surface area contributed by atoms with Crippen molar-refractivity contribution in [3.63, 3.8) is 0 Å². The van der Waals surface area contributed by atoms with E-state index >= 15 is 0 Å². The first-order valence-corrected chi connectivity index (χ1v) is 9.32. The Hall–Kier alpha value is -2.82. The van der Waals surface area contributed by atoms with E-state index in [2.05, 4.69) is 5.32 Å². The highest BCUT2D eigenvalue weighted by Crippen LogP contribution is 2.21. The Kier molecular flexibility index (Phi) is 6.12. The first-order chi connectivity index (χ1) is 13.0. The molecule has 1 aliphatic rings. The summed E-state index contributed by atoms with van der Waals surface area (Å²) in [7, 11) is 0. The van der Waals surface area contributed by atoms with Gasteiger partial charge in [-0.25, -0.2) is 0 Å². The second kappa shape index (κ2) is 8.71. The molecule has 1 aliphatic heterocycles. The average molecular weight is 366 g/mol. The molecule has 0 aromatic heterocycles. The van der Waals surface area contributed by atoms with Crippen molar-refractivity contribution in [3.05, 3.63) is 65.2 Å². The molecule has 5 nitrogen and oxygen atoms in total. The van der Waals surface area contributed by atoms with Crippen LogP contribution in [0.5, 0.6) is 5.75 Å². The summed E-state index contributed by atoms with van der Waals surface area (Å²) in [6, 6.07) is 15.9. The fraction of sp³-hybridized carbons (Fsp3) is 0.364. The predicted molar refractivity (Wildman–Crippen MR) is 104 cm³/mol. The number of hydrogen-bond acceptors (Lipinski definition) is 3. The van der Waals surface area contributed by atoms with E-state index in [4.69, 9.17) is 4.74 Å². The van der Waals surface area contributed by atoms with Crippen LogP contribution in [0.4, 0.5) is 0 Å². The zero-order valence-corrected chi connectivity index (χ0v) is 15.9. The van der Waals surface area contributed by atoms with Crippen LogP contribution in [-0.4, -0.2) is 36.4 Å². The summed E-state index contributed by atoms with van der Waals surface area (Å²) in [5, 5.41) is 2.88. The Bertz CT molecular complexity index is 801. The van der Waals surface area contributed by atoms with Crippen LogP contribution in [-0.2, 0) is 16.1 Å². The number of rotatable bonds is 7. The van der Waals surface area contributed by atoms with Gasteiger partial charge in [0.2, 0.25) is 11.8 Å². The van der Waals surface area contributed by atoms with Gasteiger partial charge in [-0.2, -0.15) is 0 Å². The summed E-state index contributed by atoms with van der Waals surface area (Å²) >= 11 is 0. The summed E-state index contributed by atoms with van der Waals surface area (Å²) in [5.74, 6) is 0.489. The van der Waals surface area contributed by atoms with Crippen molar-refractivity contribution in [1.82, 2.24) is 10.2 Å². The van der Waals surface area contributed by atoms with E-state index in [9.17, 15) is 9.59 Å². The first-order valence-electron chi connectivity index (χ1n) is 9.32. The lowest BCUT2D eigenvalue weighted by Crippen LogP contribution is -2.35. The van der Waals surface area contributed by atoms with Crippen molar-refractivity contribution in [2.75, 3.05) is 19.7 Å². The molecule has 142 valence electrons. The second-order valence-electron chi connectivity index (χ2n) is 7.07. The van der Waals surface area contributed by atoms with Gasteiger partial charge in [-0.3, -0.25) is 9.59 Å². The van der Waals surface area contributed by atoms with Crippen LogP contribution < -0.4 is 10.1 Å². The third-order valence-electron chi connectivity index (χ3n) is 4.83. The maximum absolute atomic E-state index is 12.4. The second-order valence-corrected chi connectivity index (χ2v) is 7.07. The van der Waals surface area contributed by atoms with Gasteiger partial charge in [-0.1, -0.05) is 48.0 Å². The molecule has 1 N–H and O–H groups in total. The van der Waals surface area contributed by atoms with Crippen molar-refractivity contribution >= 4 is 11.8 Å². The zero-order valence-electron chi connectivity index (χ0n) is 15.9. The molecule has 1 heterocycles. The number of hydrogen-bond donors (Lipinski definition) is 1. The van der Waals surface area contributed by atoms with Gasteiger partial charge in [0.25, 0.3) is 0 Å². The molecular formula is C22H26N2O3. The highest BCUT2D eigenvalue weighted by molar-refractivity contribution is 5.89. The zero-order chi connectivity index (χ0) is 19.2. The summed E-state index contributed by atoms with van der Waals surface area (Å²) in [6.07, 6.45) is 0.274. The molecule has 1 saturated heterocycles. The summed E-state index contributed by atoms with van der Waals surface area (Å²) in [5.41, 5.74) is 3.34. The van der Waals surface area contributed by atoms with E-state index in [0.717, 1.165) is 16.9 Å². The number of ether oxygens (including phenoxy) is 1. The molecule has 1 atom stereocenters. The van der Waals surface area contributed by atoms with Crippen molar-refractivity contribution in [2.24, 2.45) is 5.92 Å². The van der Waals surface area contributed by atoms with E-state index in [1.807, 2.05) is 62.4 Å². The SMILES string of the molecule is Cc1ccc(CN2CC(C(=O)NCCOc3ccccc3C)CC2=O)cc1. The van der Waals surface area contributed by atoms with Gasteiger partial charge >= 0.3 is 0 Å². The smallest absolute Gasteiger partial charge is 0.225 e. The fourth-order valence-electron chi connectivity index (χ4n) is 3.21. The molecule has 0 radical (unpaired) electrons. The van der Waals surface area contributed by atoms with E-state index in [0.29, 0.717) is 26.2 Å². The number of carbonyl (C=O) groups is 2. The maximum atomic E-state index is 12.4. The summed E-state index contributed by atoms with van der Waals surface area (Å²) in [6.45, 7) is 5.88. The number of carbonyl (C=O) groups excluding carboxylic acids is 2. The molecule has 1 unspecified atom stereocenters. The lowest BCUT2D eigenvalue weighted by Gasteiger charge is -2.17. The van der Waals surface area contributed by atoms with Gasteiger partial charge in [0.15, 0.2) is 0 Å². The largest absolute Gasteiger partial charge is 0.491 e. The molecule has 1 fully saturated rings. The fourth-order valence-corrected chi connectivity index (χ4v) is 3.21. The lowest BCUT2D eigenvalue weighted by atomic mass is 10.1. The monoisotopic (exact) mass is 366 g/mol. The lowest BCUT2D eigenvalue weighted by molar-refractivity contribution is -0.129. The topological polar surface area (TPSA) is 58.6 Å². The molecule has 2 amide bonds. The standard InChI is InChI=1S/C22H26N2O3/c1-16-7-9-18(10-8-16)14-24-15-19(13-21(24)25)22(26)23-11-12-27-20-6-4-3-5-17(20)2/h3-10,19H,11-15H2,1-2H3,(H,23,26). The van der Waals surface area contributed by atoms with E-state index in [-0.39, 0.29) is 24.2 Å². The molecule has 0 aliphatic carbocycles. The first kappa shape index (κ1) is 19.0. The molecule has 2 aromatic rings. The molecule has 0 spiro atoms. The highest BCUT2D eigenvalue weighted by atomic mass is 16.5. The van der Waals surface area contributed by atoms with Crippen LogP contribution in [0.2, 0.25) is 0 Å². The van der Waals surface area contributed by atoms with Gasteiger partial charge in [-0.15, -0.1) is 0 Å². The quantitative estimate of drug-likeness (QED) is 0.767. The van der Waals surface area contributed by atoms with Crippen molar-refractivity contribution in [1.29, 1.82) is 0 Å². The Morgan fingerprint density at radius 1 is 1.15 bits per heavy atom. The third-order valence-corrected chi connectivity index (χ3v) is 4.83. The minimum absolute atomic E-state index is 0.0342. The van der Waals surface area contributed by atoms with Crippen LogP contribution in [0.3, 0.4) is 0 Å². The Morgan fingerprint density at radius 3 is 2.63 bits per heavy atom. The third kappa shape index (κ3) is 5.09. The molecule has 2 aromatic carbocycles. The van der Waals surface area contributed by atoms with Gasteiger partial charge in [0, 0.05) is 19.5 Å². The van der Waals surface area contributed by atoms with Gasteiger partial charge in [-0.05, 0) is 31.0 Å². The average Bonchev–Trinajstić information content (AvgIpc) is 3.02. The van der Waals surface area contributed by atoms with E-state index in [1.165, 1.54) is 5.56 Å². The minimum Gasteiger partial charge on any atom is -0.491 e. The maximum Gasteiger partial charge on any atom is 0.225 e. The molecule has 3 rings (SSSR count). The molecule has 0 bridgehead atoms. The number of aryl methyl sites for hydroxylation is 2. The van der Waals surface area contributed by atoms with E-state index < -0.39 is 0 Å². The van der Waals surface area contributed by atoms with Gasteiger partial charge in [0.1, 0.15) is 12.4 Å². The molecule has 5 heteroatoms. The Balaban J connectivity index is 1.43. The number of nitrogens with one attached hydrogen (secondary N) is 1. The number of para-hydroxylation sites is 1. The summed E-state index contributed by atoms with van der Waals surface area (Å²) in [4.78, 5) is 26.4. The van der Waals surface area contributed by atoms with Crippen molar-refractivity contribution < 1.29 is 14.3 Å². The highest BCUT2D eigenvalue weighted by Gasteiger charge is 2.34. The van der Waals surface area contributed by atoms with Crippen molar-refractivity contribution in [2.45, 2.75) is 26.8 Å². The molecule has 0 saturated carbocycles. The Morgan fingerprint density at radius 2 is 1.89 bits per heavy atom. The van der Waals surface area contributed by atoms with Gasteiger partial charge < -0.3 is 15.0 Å². The van der Waals surface area contributed by atoms with Crippen LogP contribution in [0.15, 0.2) is 48.5 Å². The van der Waals surface area contributed by atoms with Crippen LogP contribution in [0.25, 0.3) is 0 Å². The molecule has 27 heavy (non-hydrogen) atoms. The normalized spacial score (nSPS) is 16.4. The number of nitrogens with zero attached hydrogens (tertiary/aromatic N) is 1. The van der Waals surface area contributed by atoms with Crippen LogP contribution in [0.1, 0.15) is 23.1 Å². The number of likely N-dealkylation sites (tertiary alicyclic amines) is 1. The minimum atomic E-state index is -0.290. The van der Waals surface area contributed by atoms with Crippen molar-refractivity contribution in [3.8, 4) is 5.75 Å². The van der Waals surface area contributed by atoms with Crippen LogP contribution in [0, 0.1) is 19.8 Å². The van der Waals surface area contributed by atoms with Crippen LogP contribution >= 0.6 is 0 Å². The molecular weight excluding hydrogens is 340 g/mol. The Labute approximate surface area is 160 Å². The van der Waals surface area contributed by atoms with Gasteiger partial charge in [0.05, 0.1) is 12.5 Å². The number of amides is 2.